The first kappa shape index (κ1) is 38.8. The van der Waals surface area contributed by atoms with E-state index >= 15 is 0 Å². The fraction of sp³-hybridized carbons (Fsp3) is 0.457. The summed E-state index contributed by atoms with van der Waals surface area (Å²) in [4.78, 5) is 43.7. The number of rotatable bonds is 11. The number of benzene rings is 1. The fourth-order valence-corrected chi connectivity index (χ4v) is 9.41. The zero-order valence-corrected chi connectivity index (χ0v) is 34.2. The van der Waals surface area contributed by atoms with Crippen molar-refractivity contribution in [3.8, 4) is 22.8 Å². The molecule has 0 aliphatic carbocycles. The molecule has 9 rings (SSSR count). The normalized spacial score (nSPS) is 24.0. The number of ether oxygens (including phenoxy) is 3. The minimum atomic E-state index is -1.07. The van der Waals surface area contributed by atoms with Gasteiger partial charge in [0.1, 0.15) is 51.6 Å². The van der Waals surface area contributed by atoms with Crippen molar-refractivity contribution in [3.05, 3.63) is 92.7 Å². The van der Waals surface area contributed by atoms with Crippen molar-refractivity contribution in [2.45, 2.75) is 121 Å². The monoisotopic (exact) mass is 800 g/mol. The third kappa shape index (κ3) is 7.45. The number of fused-ring (bicyclic) bond motifs is 5. The van der Waals surface area contributed by atoms with Crippen LogP contribution < -0.4 is 21.2 Å². The number of hydrogen-bond acceptors (Lipinski definition) is 13. The number of esters is 1. The smallest absolute Gasteiger partial charge is 0.341 e. The van der Waals surface area contributed by atoms with E-state index in [4.69, 9.17) is 34.3 Å². The quantitative estimate of drug-likeness (QED) is 0.0769. The minimum Gasteiger partial charge on any atom is -0.507 e. The van der Waals surface area contributed by atoms with Crippen molar-refractivity contribution in [1.82, 2.24) is 14.9 Å². The number of epoxide rings is 1. The molecule has 13 nitrogen and oxygen atoms in total. The first-order valence-electron chi connectivity index (χ1n) is 21.0. The zero-order chi connectivity index (χ0) is 41.1. The van der Waals surface area contributed by atoms with Crippen LogP contribution in [0, 0.1) is 6.92 Å². The van der Waals surface area contributed by atoms with Crippen LogP contribution in [0.25, 0.3) is 22.2 Å². The SMILES string of the molecule is CCCCCNc1cc(-c2cc(CC[C@H]3O[C@]34CCCC[C@@H]3c5c(cc6oc(C)cc(=O)c6c5O)OC(C)(C)[C@@H]3OC4=O)cc(N)n2)cc(CN2C=C3N=CC=C3C2)n1. The van der Waals surface area contributed by atoms with Crippen LogP contribution >= 0.6 is 0 Å². The van der Waals surface area contributed by atoms with Crippen molar-refractivity contribution >= 4 is 34.8 Å². The van der Waals surface area contributed by atoms with Gasteiger partial charge in [-0.1, -0.05) is 26.2 Å². The van der Waals surface area contributed by atoms with Gasteiger partial charge in [-0.25, -0.2) is 14.8 Å². The third-order valence-electron chi connectivity index (χ3n) is 12.3. The van der Waals surface area contributed by atoms with Gasteiger partial charge in [-0.15, -0.1) is 0 Å². The first-order chi connectivity index (χ1) is 28.4. The summed E-state index contributed by atoms with van der Waals surface area (Å²) in [6, 6.07) is 11.1. The molecule has 0 unspecified atom stereocenters. The molecule has 0 bridgehead atoms. The number of pyridine rings is 2. The molecule has 59 heavy (non-hydrogen) atoms. The van der Waals surface area contributed by atoms with Gasteiger partial charge in [0.15, 0.2) is 11.0 Å². The van der Waals surface area contributed by atoms with Gasteiger partial charge in [0, 0.05) is 60.3 Å². The molecule has 0 radical (unpaired) electrons. The number of aromatic hydroxyl groups is 1. The van der Waals surface area contributed by atoms with Gasteiger partial charge in [0.2, 0.25) is 0 Å². The van der Waals surface area contributed by atoms with Gasteiger partial charge in [0.05, 0.1) is 29.7 Å². The molecule has 1 spiro atoms. The van der Waals surface area contributed by atoms with E-state index in [1.54, 1.807) is 13.0 Å². The van der Waals surface area contributed by atoms with Gasteiger partial charge >= 0.3 is 5.97 Å². The number of phenols is 1. The van der Waals surface area contributed by atoms with E-state index in [0.717, 1.165) is 79.2 Å². The summed E-state index contributed by atoms with van der Waals surface area (Å²) < 4.78 is 25.0. The molecule has 5 aliphatic heterocycles. The number of nitrogens with one attached hydrogen (secondary N) is 1. The largest absolute Gasteiger partial charge is 0.507 e. The van der Waals surface area contributed by atoms with Crippen molar-refractivity contribution in [3.63, 3.8) is 0 Å². The Hall–Kier alpha value is -5.69. The number of unbranched alkanes of at least 4 members (excludes halogenated alkanes) is 2. The molecular formula is C46H52N6O7. The second-order valence-electron chi connectivity index (χ2n) is 17.2. The Kier molecular flexibility index (Phi) is 9.97. The number of phenolic OH excluding ortho intramolecular Hbond substituents is 1. The lowest BCUT2D eigenvalue weighted by atomic mass is 9.77. The van der Waals surface area contributed by atoms with Gasteiger partial charge < -0.3 is 39.7 Å². The molecule has 1 aromatic carbocycles. The van der Waals surface area contributed by atoms with E-state index in [1.807, 2.05) is 32.2 Å². The summed E-state index contributed by atoms with van der Waals surface area (Å²) in [5, 5.41) is 15.2. The van der Waals surface area contributed by atoms with Gasteiger partial charge in [-0.2, -0.15) is 0 Å². The number of aliphatic imine (C=N–C) groups is 1. The summed E-state index contributed by atoms with van der Waals surface area (Å²) in [5.74, 6) is 1.09. The van der Waals surface area contributed by atoms with Crippen molar-refractivity contribution < 1.29 is 28.5 Å². The van der Waals surface area contributed by atoms with Crippen molar-refractivity contribution in [1.29, 1.82) is 0 Å². The fourth-order valence-electron chi connectivity index (χ4n) is 9.41. The Morgan fingerprint density at radius 3 is 2.76 bits per heavy atom. The summed E-state index contributed by atoms with van der Waals surface area (Å²) in [6.07, 6.45) is 12.1. The molecule has 308 valence electrons. The highest BCUT2D eigenvalue weighted by molar-refractivity contribution is 5.88. The maximum atomic E-state index is 14.2. The van der Waals surface area contributed by atoms with E-state index in [9.17, 15) is 14.7 Å². The van der Waals surface area contributed by atoms with E-state index in [-0.39, 0.29) is 28.3 Å². The van der Waals surface area contributed by atoms with Crippen LogP contribution in [-0.4, -0.2) is 68.7 Å². The molecule has 0 saturated carbocycles. The number of aryl methyl sites for hydroxylation is 2. The average Bonchev–Trinajstić information content (AvgIpc) is 3.46. The second kappa shape index (κ2) is 15.2. The Bertz CT molecular complexity index is 2490. The highest BCUT2D eigenvalue weighted by atomic mass is 16.7. The Morgan fingerprint density at radius 1 is 1.07 bits per heavy atom. The lowest BCUT2D eigenvalue weighted by Crippen LogP contribution is -2.52. The van der Waals surface area contributed by atoms with Crippen LogP contribution in [0.4, 0.5) is 11.6 Å². The summed E-state index contributed by atoms with van der Waals surface area (Å²) in [7, 11) is 0. The first-order valence-corrected chi connectivity index (χ1v) is 21.0. The number of hydrogen-bond donors (Lipinski definition) is 3. The second-order valence-corrected chi connectivity index (χ2v) is 17.2. The predicted octanol–water partition coefficient (Wildman–Crippen LogP) is 7.63. The maximum absolute atomic E-state index is 14.2. The van der Waals surface area contributed by atoms with E-state index in [1.165, 1.54) is 11.6 Å². The van der Waals surface area contributed by atoms with Gasteiger partial charge in [-0.3, -0.25) is 9.79 Å². The highest BCUT2D eigenvalue weighted by Crippen LogP contribution is 2.53. The lowest BCUT2D eigenvalue weighted by molar-refractivity contribution is -0.170. The minimum absolute atomic E-state index is 0.101. The van der Waals surface area contributed by atoms with Crippen LogP contribution in [0.1, 0.15) is 101 Å². The van der Waals surface area contributed by atoms with Gasteiger partial charge in [0.25, 0.3) is 0 Å². The van der Waals surface area contributed by atoms with E-state index in [2.05, 4.69) is 46.5 Å². The van der Waals surface area contributed by atoms with Crippen LogP contribution in [0.2, 0.25) is 0 Å². The average molecular weight is 801 g/mol. The Balaban J connectivity index is 0.925. The van der Waals surface area contributed by atoms with Crippen molar-refractivity contribution in [2.75, 3.05) is 24.1 Å². The molecule has 2 saturated heterocycles. The number of nitrogens with zero attached hydrogens (tertiary/aromatic N) is 4. The molecule has 0 amide bonds. The molecule has 13 heteroatoms. The van der Waals surface area contributed by atoms with E-state index < -0.39 is 29.2 Å². The summed E-state index contributed by atoms with van der Waals surface area (Å²) in [6.45, 7) is 9.91. The van der Waals surface area contributed by atoms with Crippen LogP contribution in [0.5, 0.6) is 11.5 Å². The van der Waals surface area contributed by atoms with Crippen LogP contribution in [0.15, 0.2) is 74.1 Å². The van der Waals surface area contributed by atoms with Crippen LogP contribution in [-0.2, 0) is 27.2 Å². The predicted molar refractivity (Wildman–Crippen MR) is 226 cm³/mol. The number of allylic oxidation sites excluding steroid dienone is 1. The topological polar surface area (TPSA) is 178 Å². The highest BCUT2D eigenvalue weighted by Gasteiger charge is 2.64. The maximum Gasteiger partial charge on any atom is 0.341 e. The third-order valence-corrected chi connectivity index (χ3v) is 12.3. The Labute approximate surface area is 343 Å². The molecule has 4 aromatic rings. The zero-order valence-electron chi connectivity index (χ0n) is 34.2. The molecule has 3 aromatic heterocycles. The molecule has 4 atom stereocenters. The molecule has 5 aliphatic rings. The Morgan fingerprint density at radius 2 is 1.93 bits per heavy atom. The summed E-state index contributed by atoms with van der Waals surface area (Å²) >= 11 is 0. The number of nitrogens with two attached hydrogens (primary N) is 1. The standard InChI is InChI=1S/C46H52N6O7/c1-5-6-9-15-49-39-21-29(20-30(50-39)24-52-23-28-13-16-48-33(28)25-52)32-18-27(19-38(47)51-32)11-12-37-46(59-37)14-8-7-10-31-40-36(58-45(3,4)43(31)57-44(46)55)22-35-41(42(40)54)34(53)17-26(2)56-35/h13,16-22,25,31,37,43,54H,5-12,14-15,23-24H2,1-4H3,(H2,47,51)(H,49,50)/t31-,37-,43-,46-/m1/s1. The number of carbonyl (C=O) groups excluding carboxylic acids is 1. The van der Waals surface area contributed by atoms with Crippen molar-refractivity contribution in [2.24, 2.45) is 4.99 Å². The van der Waals surface area contributed by atoms with Gasteiger partial charge in [-0.05, 0) is 95.2 Å². The number of carbonyl (C=O) groups is 1. The molecule has 8 heterocycles. The number of anilines is 2. The molecular weight excluding hydrogens is 749 g/mol. The summed E-state index contributed by atoms with van der Waals surface area (Å²) in [5.41, 5.74) is 10.7. The molecule has 4 N–H and O–H groups in total. The van der Waals surface area contributed by atoms with Crippen LogP contribution in [0.3, 0.4) is 0 Å². The lowest BCUT2D eigenvalue weighted by Gasteiger charge is -2.44. The molecule has 2 fully saturated rings. The number of aromatic nitrogens is 2. The number of nitrogen functional groups attached to an aromatic ring is 1. The van der Waals surface area contributed by atoms with E-state index in [0.29, 0.717) is 55.1 Å².